The molecule has 30 heavy (non-hydrogen) atoms. The van der Waals surface area contributed by atoms with Crippen LogP contribution in [0.3, 0.4) is 0 Å². The summed E-state index contributed by atoms with van der Waals surface area (Å²) in [5.74, 6) is 0.290. The number of carbonyl (C=O) groups is 1. The Hall–Kier alpha value is -2.71. The average Bonchev–Trinajstić information content (AvgIpc) is 2.75. The van der Waals surface area contributed by atoms with Crippen molar-refractivity contribution in [2.24, 2.45) is 0 Å². The first kappa shape index (κ1) is 22.0. The lowest BCUT2D eigenvalue weighted by atomic mass is 10.1. The van der Waals surface area contributed by atoms with Gasteiger partial charge in [-0.15, -0.1) is 0 Å². The van der Waals surface area contributed by atoms with E-state index in [2.05, 4.69) is 22.4 Å². The van der Waals surface area contributed by atoms with Crippen molar-refractivity contribution in [2.45, 2.75) is 39.0 Å². The van der Waals surface area contributed by atoms with Crippen molar-refractivity contribution in [3.63, 3.8) is 0 Å². The van der Waals surface area contributed by atoms with Gasteiger partial charge in [0.05, 0.1) is 25.5 Å². The van der Waals surface area contributed by atoms with E-state index in [0.29, 0.717) is 37.9 Å². The number of morpholine rings is 1. The molecule has 2 heterocycles. The number of aromatic nitrogens is 2. The summed E-state index contributed by atoms with van der Waals surface area (Å²) in [4.78, 5) is 32.0. The second kappa shape index (κ2) is 10.9. The minimum absolute atomic E-state index is 0.000897. The quantitative estimate of drug-likeness (QED) is 0.667. The van der Waals surface area contributed by atoms with Crippen LogP contribution in [0.4, 0.5) is 5.95 Å². The van der Waals surface area contributed by atoms with E-state index >= 15 is 0 Å². The van der Waals surface area contributed by atoms with Crippen LogP contribution in [0.2, 0.25) is 0 Å². The number of hydrogen-bond acceptors (Lipinski definition) is 6. The van der Waals surface area contributed by atoms with Gasteiger partial charge >= 0.3 is 0 Å². The molecule has 162 valence electrons. The number of nitrogens with one attached hydrogen (secondary N) is 1. The number of ether oxygens (including phenoxy) is 2. The molecule has 0 bridgehead atoms. The molecule has 1 aromatic heterocycles. The minimum atomic E-state index is -0.259. The molecular weight excluding hydrogens is 384 g/mol. The molecule has 1 N–H and O–H groups in total. The van der Waals surface area contributed by atoms with Crippen LogP contribution in [0.1, 0.15) is 24.6 Å². The van der Waals surface area contributed by atoms with Crippen LogP contribution in [0.15, 0.2) is 41.2 Å². The summed E-state index contributed by atoms with van der Waals surface area (Å²) in [5, 5.41) is 3.00. The fourth-order valence-corrected chi connectivity index (χ4v) is 3.48. The summed E-state index contributed by atoms with van der Waals surface area (Å²) in [5.41, 5.74) is 1.53. The fraction of sp³-hybridized carbons (Fsp3) is 0.500. The second-order valence-corrected chi connectivity index (χ2v) is 7.50. The summed E-state index contributed by atoms with van der Waals surface area (Å²) >= 11 is 0. The van der Waals surface area contributed by atoms with Gasteiger partial charge in [-0.25, -0.2) is 4.98 Å². The van der Waals surface area contributed by atoms with Gasteiger partial charge in [0.15, 0.2) is 0 Å². The maximum absolute atomic E-state index is 12.7. The molecule has 8 heteroatoms. The monoisotopic (exact) mass is 414 g/mol. The number of amides is 1. The van der Waals surface area contributed by atoms with E-state index in [4.69, 9.17) is 9.47 Å². The zero-order chi connectivity index (χ0) is 21.3. The molecule has 1 saturated heterocycles. The molecule has 0 radical (unpaired) electrons. The molecule has 1 fully saturated rings. The molecule has 1 atom stereocenters. The predicted octanol–water partition coefficient (Wildman–Crippen LogP) is 1.36. The van der Waals surface area contributed by atoms with E-state index < -0.39 is 0 Å². The van der Waals surface area contributed by atoms with Crippen LogP contribution in [0, 0.1) is 0 Å². The van der Waals surface area contributed by atoms with E-state index in [9.17, 15) is 9.59 Å². The van der Waals surface area contributed by atoms with Crippen molar-refractivity contribution >= 4 is 11.9 Å². The Morgan fingerprint density at radius 1 is 1.27 bits per heavy atom. The van der Waals surface area contributed by atoms with Crippen LogP contribution >= 0.6 is 0 Å². The molecule has 8 nitrogen and oxygen atoms in total. The third-order valence-corrected chi connectivity index (χ3v) is 5.05. The number of nitrogens with zero attached hydrogens (tertiary/aromatic N) is 3. The number of hydrogen-bond donors (Lipinski definition) is 1. The number of anilines is 1. The maximum Gasteiger partial charge on any atom is 0.255 e. The van der Waals surface area contributed by atoms with Crippen LogP contribution in [0.25, 0.3) is 0 Å². The van der Waals surface area contributed by atoms with Gasteiger partial charge in [0.1, 0.15) is 6.54 Å². The van der Waals surface area contributed by atoms with E-state index in [1.807, 2.05) is 30.0 Å². The lowest BCUT2D eigenvalue weighted by Crippen LogP contribution is -2.43. The molecule has 0 spiro atoms. The highest BCUT2D eigenvalue weighted by Gasteiger charge is 2.20. The Morgan fingerprint density at radius 2 is 2.00 bits per heavy atom. The summed E-state index contributed by atoms with van der Waals surface area (Å²) in [6.07, 6.45) is 1.71. The first-order valence-corrected chi connectivity index (χ1v) is 10.3. The molecule has 3 rings (SSSR count). The molecule has 1 aliphatic rings. The Morgan fingerprint density at radius 3 is 2.70 bits per heavy atom. The van der Waals surface area contributed by atoms with Gasteiger partial charge in [0, 0.05) is 32.3 Å². The SMILES string of the molecule is COCc1cc(=O)n(CC(=O)NC(C)CCc2ccccc2)c(N2CCOCC2)n1. The van der Waals surface area contributed by atoms with Gasteiger partial charge < -0.3 is 19.7 Å². The van der Waals surface area contributed by atoms with Crippen molar-refractivity contribution < 1.29 is 14.3 Å². The topological polar surface area (TPSA) is 85.7 Å². The number of carbonyl (C=O) groups excluding carboxylic acids is 1. The Balaban J connectivity index is 1.67. The van der Waals surface area contributed by atoms with Crippen molar-refractivity contribution in [2.75, 3.05) is 38.3 Å². The summed E-state index contributed by atoms with van der Waals surface area (Å²) in [6, 6.07) is 11.6. The molecule has 1 aromatic carbocycles. The van der Waals surface area contributed by atoms with E-state index in [1.165, 1.54) is 16.2 Å². The molecule has 1 unspecified atom stereocenters. The largest absolute Gasteiger partial charge is 0.378 e. The molecule has 1 aliphatic heterocycles. The highest BCUT2D eigenvalue weighted by molar-refractivity contribution is 5.76. The van der Waals surface area contributed by atoms with Crippen molar-refractivity contribution in [1.29, 1.82) is 0 Å². The molecule has 0 aliphatic carbocycles. The van der Waals surface area contributed by atoms with E-state index in [-0.39, 0.29) is 30.7 Å². The number of benzene rings is 1. The van der Waals surface area contributed by atoms with Crippen molar-refractivity contribution in [3.05, 3.63) is 58.0 Å². The van der Waals surface area contributed by atoms with Crippen LogP contribution in [-0.4, -0.2) is 54.9 Å². The van der Waals surface area contributed by atoms with Gasteiger partial charge in [0.25, 0.3) is 5.56 Å². The Labute approximate surface area is 176 Å². The fourth-order valence-electron chi connectivity index (χ4n) is 3.48. The molecule has 0 saturated carbocycles. The number of methoxy groups -OCH3 is 1. The third kappa shape index (κ3) is 6.14. The molecule has 2 aromatic rings. The summed E-state index contributed by atoms with van der Waals surface area (Å²) < 4.78 is 12.0. The smallest absolute Gasteiger partial charge is 0.255 e. The van der Waals surface area contributed by atoms with Crippen molar-refractivity contribution in [3.8, 4) is 0 Å². The van der Waals surface area contributed by atoms with Crippen LogP contribution in [-0.2, 0) is 33.8 Å². The molecule has 1 amide bonds. The highest BCUT2D eigenvalue weighted by atomic mass is 16.5. The first-order valence-electron chi connectivity index (χ1n) is 10.3. The summed E-state index contributed by atoms with van der Waals surface area (Å²) in [7, 11) is 1.56. The lowest BCUT2D eigenvalue weighted by molar-refractivity contribution is -0.122. The van der Waals surface area contributed by atoms with Gasteiger partial charge in [-0.1, -0.05) is 30.3 Å². The standard InChI is InChI=1S/C22H30N4O4/c1-17(8-9-18-6-4-3-5-7-18)23-20(27)15-26-21(28)14-19(16-29-2)24-22(26)25-10-12-30-13-11-25/h3-7,14,17H,8-13,15-16H2,1-2H3,(H,23,27). The van der Waals surface area contributed by atoms with Gasteiger partial charge in [-0.05, 0) is 25.3 Å². The van der Waals surface area contributed by atoms with Crippen LogP contribution in [0.5, 0.6) is 0 Å². The van der Waals surface area contributed by atoms with Gasteiger partial charge in [0.2, 0.25) is 11.9 Å². The van der Waals surface area contributed by atoms with Crippen molar-refractivity contribution in [1.82, 2.24) is 14.9 Å². The van der Waals surface area contributed by atoms with Gasteiger partial charge in [-0.2, -0.15) is 0 Å². The van der Waals surface area contributed by atoms with Crippen LogP contribution < -0.4 is 15.8 Å². The van der Waals surface area contributed by atoms with E-state index in [1.54, 1.807) is 7.11 Å². The van der Waals surface area contributed by atoms with E-state index in [0.717, 1.165) is 12.8 Å². The predicted molar refractivity (Wildman–Crippen MR) is 115 cm³/mol. The average molecular weight is 415 g/mol. The summed E-state index contributed by atoms with van der Waals surface area (Å²) in [6.45, 7) is 4.53. The molecular formula is C22H30N4O4. The third-order valence-electron chi connectivity index (χ3n) is 5.05. The number of rotatable bonds is 9. The Bertz CT molecular complexity index is 878. The Kier molecular flexibility index (Phi) is 7.98. The highest BCUT2D eigenvalue weighted by Crippen LogP contribution is 2.13. The minimum Gasteiger partial charge on any atom is -0.378 e. The zero-order valence-electron chi connectivity index (χ0n) is 17.7. The number of aryl methyl sites for hydroxylation is 1. The lowest BCUT2D eigenvalue weighted by Gasteiger charge is -2.30. The maximum atomic E-state index is 12.7. The normalized spacial score (nSPS) is 15.1. The second-order valence-electron chi connectivity index (χ2n) is 7.50. The first-order chi connectivity index (χ1) is 14.6. The van der Waals surface area contributed by atoms with Gasteiger partial charge in [-0.3, -0.25) is 14.2 Å². The zero-order valence-corrected chi connectivity index (χ0v) is 17.7.